The van der Waals surface area contributed by atoms with Gasteiger partial charge in [0.15, 0.2) is 19.8 Å². The molecule has 1 saturated carbocycles. The Bertz CT molecular complexity index is 806. The van der Waals surface area contributed by atoms with Crippen LogP contribution in [0.2, 0.25) is 18.1 Å². The Morgan fingerprint density at radius 3 is 2.30 bits per heavy atom. The average molecular weight is 449 g/mol. The van der Waals surface area contributed by atoms with Crippen molar-refractivity contribution >= 4 is 20.1 Å². The maximum atomic E-state index is 13.8. The van der Waals surface area contributed by atoms with Crippen molar-refractivity contribution in [1.82, 2.24) is 9.78 Å². The number of ketones is 1. The summed E-state index contributed by atoms with van der Waals surface area (Å²) in [6.07, 6.45) is -3.89. The van der Waals surface area contributed by atoms with Crippen LogP contribution in [0.5, 0.6) is 0 Å². The van der Waals surface area contributed by atoms with Crippen molar-refractivity contribution in [1.29, 1.82) is 0 Å². The smallest absolute Gasteiger partial charge is 0.433 e. The molecule has 0 amide bonds. The van der Waals surface area contributed by atoms with Crippen LogP contribution in [0.3, 0.4) is 0 Å². The lowest BCUT2D eigenvalue weighted by Crippen LogP contribution is -2.54. The first-order valence-corrected chi connectivity index (χ1v) is 13.0. The van der Waals surface area contributed by atoms with E-state index in [1.165, 1.54) is 0 Å². The van der Waals surface area contributed by atoms with E-state index in [0.717, 1.165) is 10.9 Å². The van der Waals surface area contributed by atoms with Crippen LogP contribution in [0.15, 0.2) is 6.20 Å². The van der Waals surface area contributed by atoms with Gasteiger partial charge in [-0.1, -0.05) is 20.8 Å². The number of alkyl halides is 3. The van der Waals surface area contributed by atoms with Gasteiger partial charge in [0.25, 0.3) is 0 Å². The molecule has 0 atom stereocenters. The minimum atomic E-state index is -4.78. The highest BCUT2D eigenvalue weighted by Crippen LogP contribution is 2.50. The van der Waals surface area contributed by atoms with E-state index in [4.69, 9.17) is 4.43 Å². The van der Waals surface area contributed by atoms with E-state index in [9.17, 15) is 22.8 Å². The highest BCUT2D eigenvalue weighted by Gasteiger charge is 2.52. The van der Waals surface area contributed by atoms with E-state index < -0.39 is 55.6 Å². The van der Waals surface area contributed by atoms with Crippen LogP contribution in [0.4, 0.5) is 13.2 Å². The molecule has 0 aliphatic heterocycles. The summed E-state index contributed by atoms with van der Waals surface area (Å²) in [6.45, 7) is 14.0. The molecule has 1 aromatic heterocycles. The van der Waals surface area contributed by atoms with Gasteiger partial charge >= 0.3 is 12.1 Å². The summed E-state index contributed by atoms with van der Waals surface area (Å²) in [5.74, 6) is -1.81. The Morgan fingerprint density at radius 2 is 1.83 bits per heavy atom. The summed E-state index contributed by atoms with van der Waals surface area (Å²) in [5, 5.41) is 3.85. The van der Waals surface area contributed by atoms with Crippen molar-refractivity contribution in [2.24, 2.45) is 0 Å². The van der Waals surface area contributed by atoms with Crippen LogP contribution in [0.25, 0.3) is 0 Å². The molecule has 0 radical (unpaired) electrons. The molecular weight excluding hydrogens is 417 g/mol. The highest BCUT2D eigenvalue weighted by atomic mass is 28.4. The number of rotatable bonds is 7. The third-order valence-electron chi connectivity index (χ3n) is 5.96. The number of carbonyl (C=O) groups is 2. The molecule has 1 aliphatic rings. The molecule has 1 aliphatic carbocycles. The lowest BCUT2D eigenvalue weighted by molar-refractivity contribution is -0.149. The SMILES string of the molecule is CCOC(=O)CC(=O)c1cnn([C@H]2C[C@@](C)(O[Si](C)(C)C(C)(C)C)C2)c1C(F)(F)F. The zero-order valence-electron chi connectivity index (χ0n) is 18.6. The number of ether oxygens (including phenoxy) is 1. The molecule has 30 heavy (non-hydrogen) atoms. The fraction of sp³-hybridized carbons (Fsp3) is 0.750. The summed E-state index contributed by atoms with van der Waals surface area (Å²) in [4.78, 5) is 23.8. The molecule has 0 bridgehead atoms. The fourth-order valence-corrected chi connectivity index (χ4v) is 5.23. The van der Waals surface area contributed by atoms with Gasteiger partial charge in [-0.15, -0.1) is 0 Å². The normalized spacial score (nSPS) is 22.5. The van der Waals surface area contributed by atoms with Gasteiger partial charge < -0.3 is 9.16 Å². The second-order valence-corrected chi connectivity index (χ2v) is 14.4. The maximum Gasteiger partial charge on any atom is 0.433 e. The summed E-state index contributed by atoms with van der Waals surface area (Å²) < 4.78 is 53.3. The monoisotopic (exact) mass is 448 g/mol. The molecule has 170 valence electrons. The van der Waals surface area contributed by atoms with Crippen LogP contribution < -0.4 is 0 Å². The standard InChI is InChI=1S/C20H31F3N2O4Si/c1-8-28-16(27)9-15(26)14-12-24-25(17(14)20(21,22)23)13-10-19(5,11-13)29-30(6,7)18(2,3)4/h12-13H,8-11H2,1-7H3/t13-,19+. The predicted molar refractivity (Wildman–Crippen MR) is 108 cm³/mol. The number of aromatic nitrogens is 2. The summed E-state index contributed by atoms with van der Waals surface area (Å²) >= 11 is 0. The molecule has 0 spiro atoms. The third kappa shape index (κ3) is 5.13. The second kappa shape index (κ2) is 8.10. The van der Waals surface area contributed by atoms with Crippen LogP contribution >= 0.6 is 0 Å². The van der Waals surface area contributed by atoms with Crippen molar-refractivity contribution in [2.75, 3.05) is 6.61 Å². The van der Waals surface area contributed by atoms with Crippen LogP contribution in [0.1, 0.15) is 76.0 Å². The van der Waals surface area contributed by atoms with Crippen molar-refractivity contribution in [3.05, 3.63) is 17.5 Å². The molecule has 0 unspecified atom stereocenters. The Hall–Kier alpha value is -1.68. The van der Waals surface area contributed by atoms with Gasteiger partial charge in [-0.05, 0) is 44.8 Å². The van der Waals surface area contributed by atoms with Crippen molar-refractivity contribution in [2.45, 2.75) is 89.8 Å². The third-order valence-corrected chi connectivity index (χ3v) is 10.6. The molecule has 0 N–H and O–H groups in total. The number of Topliss-reactive ketones (excluding diaryl/α,β-unsaturated/α-hetero) is 1. The number of halogens is 3. The summed E-state index contributed by atoms with van der Waals surface area (Å²) in [6, 6.07) is -0.527. The van der Waals surface area contributed by atoms with Crippen molar-refractivity contribution in [3.8, 4) is 0 Å². The first-order valence-electron chi connectivity index (χ1n) is 10.0. The lowest BCUT2D eigenvalue weighted by atomic mass is 9.77. The second-order valence-electron chi connectivity index (χ2n) is 9.63. The van der Waals surface area contributed by atoms with Gasteiger partial charge in [0.05, 0.1) is 30.0 Å². The molecule has 1 aromatic rings. The predicted octanol–water partition coefficient (Wildman–Crippen LogP) is 5.15. The van der Waals surface area contributed by atoms with Gasteiger partial charge in [-0.3, -0.25) is 14.3 Å². The number of esters is 1. The highest BCUT2D eigenvalue weighted by molar-refractivity contribution is 6.74. The van der Waals surface area contributed by atoms with Crippen molar-refractivity contribution in [3.63, 3.8) is 0 Å². The first-order chi connectivity index (χ1) is 13.5. The Labute approximate surface area is 176 Å². The minimum Gasteiger partial charge on any atom is -0.466 e. The Kier molecular flexibility index (Phi) is 6.64. The van der Waals surface area contributed by atoms with Gasteiger partial charge in [0, 0.05) is 0 Å². The molecule has 10 heteroatoms. The van der Waals surface area contributed by atoms with Gasteiger partial charge in [0.1, 0.15) is 6.42 Å². The maximum absolute atomic E-state index is 13.8. The largest absolute Gasteiger partial charge is 0.466 e. The molecule has 1 heterocycles. The van der Waals surface area contributed by atoms with Crippen LogP contribution in [-0.4, -0.2) is 42.1 Å². The van der Waals surface area contributed by atoms with Crippen LogP contribution in [0, 0.1) is 0 Å². The number of carbonyl (C=O) groups excluding carboxylic acids is 2. The number of hydrogen-bond donors (Lipinski definition) is 0. The van der Waals surface area contributed by atoms with E-state index in [-0.39, 0.29) is 11.6 Å². The van der Waals surface area contributed by atoms with Gasteiger partial charge in [-0.2, -0.15) is 18.3 Å². The minimum absolute atomic E-state index is 0.0172. The molecule has 0 saturated heterocycles. The molecule has 6 nitrogen and oxygen atoms in total. The van der Waals surface area contributed by atoms with E-state index in [0.29, 0.717) is 12.8 Å². The Morgan fingerprint density at radius 1 is 1.27 bits per heavy atom. The topological polar surface area (TPSA) is 70.4 Å². The lowest BCUT2D eigenvalue weighted by Gasteiger charge is -2.52. The molecular formula is C20H31F3N2O4Si. The molecule has 1 fully saturated rings. The van der Waals surface area contributed by atoms with Gasteiger partial charge in [-0.25, -0.2) is 0 Å². The quantitative estimate of drug-likeness (QED) is 0.250. The average Bonchev–Trinajstić information content (AvgIpc) is 2.95. The number of hydrogen-bond acceptors (Lipinski definition) is 5. The van der Waals surface area contributed by atoms with Crippen molar-refractivity contribution < 1.29 is 31.9 Å². The fourth-order valence-electron chi connectivity index (χ4n) is 3.53. The summed E-state index contributed by atoms with van der Waals surface area (Å²) in [7, 11) is -2.09. The number of nitrogens with zero attached hydrogens (tertiary/aromatic N) is 2. The molecule has 2 rings (SSSR count). The van der Waals surface area contributed by atoms with E-state index in [1.54, 1.807) is 6.92 Å². The molecule has 0 aromatic carbocycles. The van der Waals surface area contributed by atoms with Gasteiger partial charge in [0.2, 0.25) is 0 Å². The van der Waals surface area contributed by atoms with Crippen LogP contribution in [-0.2, 0) is 20.1 Å². The van der Waals surface area contributed by atoms with E-state index in [2.05, 4.69) is 43.7 Å². The van der Waals surface area contributed by atoms with E-state index in [1.807, 2.05) is 6.92 Å². The summed E-state index contributed by atoms with van der Waals surface area (Å²) in [5.41, 5.74) is -2.25. The first kappa shape index (κ1) is 24.6. The zero-order valence-corrected chi connectivity index (χ0v) is 19.6. The zero-order chi connectivity index (χ0) is 23.1. The Balaban J connectivity index is 2.23. The van der Waals surface area contributed by atoms with E-state index >= 15 is 0 Å².